The van der Waals surface area contributed by atoms with E-state index in [0.29, 0.717) is 19.8 Å². The first kappa shape index (κ1) is 29.8. The molecule has 0 aromatic heterocycles. The molecule has 1 rings (SSSR count). The number of hydrogen-bond donors (Lipinski definition) is 1. The normalized spacial score (nSPS) is 18.7. The van der Waals surface area contributed by atoms with Crippen molar-refractivity contribution in [1.82, 2.24) is 0 Å². The highest BCUT2D eigenvalue weighted by Gasteiger charge is 2.17. The van der Waals surface area contributed by atoms with Crippen molar-refractivity contribution >= 4 is 0 Å². The van der Waals surface area contributed by atoms with Crippen molar-refractivity contribution in [2.24, 2.45) is 0 Å². The molecular weight excluding hydrogens is 404 g/mol. The summed E-state index contributed by atoms with van der Waals surface area (Å²) in [5, 5.41) is 10.1. The van der Waals surface area contributed by atoms with Gasteiger partial charge in [0.15, 0.2) is 6.29 Å². The third kappa shape index (κ3) is 18.3. The molecule has 0 aromatic carbocycles. The van der Waals surface area contributed by atoms with E-state index in [2.05, 4.69) is 6.92 Å². The maximum atomic E-state index is 10.1. The van der Waals surface area contributed by atoms with E-state index in [0.717, 1.165) is 38.7 Å². The van der Waals surface area contributed by atoms with Crippen LogP contribution in [-0.4, -0.2) is 57.1 Å². The fraction of sp³-hybridized carbons (Fsp3) is 1.00. The Morgan fingerprint density at radius 3 is 1.91 bits per heavy atom. The molecule has 5 nitrogen and oxygen atoms in total. The molecule has 1 N–H and O–H groups in total. The molecule has 0 spiro atoms. The van der Waals surface area contributed by atoms with Gasteiger partial charge in [-0.15, -0.1) is 0 Å². The highest BCUT2D eigenvalue weighted by atomic mass is 16.7. The molecule has 32 heavy (non-hydrogen) atoms. The number of ether oxygens (including phenoxy) is 4. The third-order valence-electron chi connectivity index (χ3n) is 6.44. The summed E-state index contributed by atoms with van der Waals surface area (Å²) in [6.45, 7) is 4.35. The van der Waals surface area contributed by atoms with Crippen LogP contribution in [0.25, 0.3) is 0 Å². The summed E-state index contributed by atoms with van der Waals surface area (Å²) in [6, 6.07) is 0. The van der Waals surface area contributed by atoms with Gasteiger partial charge in [-0.25, -0.2) is 0 Å². The zero-order chi connectivity index (χ0) is 23.1. The summed E-state index contributed by atoms with van der Waals surface area (Å²) in [7, 11) is 1.67. The molecular formula is C27H54O5. The molecule has 0 saturated carbocycles. The Balaban J connectivity index is 1.83. The molecule has 1 heterocycles. The Labute approximate surface area is 198 Å². The van der Waals surface area contributed by atoms with Crippen LogP contribution < -0.4 is 0 Å². The zero-order valence-electron chi connectivity index (χ0n) is 21.4. The van der Waals surface area contributed by atoms with Crippen molar-refractivity contribution in [3.63, 3.8) is 0 Å². The Bertz CT molecular complexity index is 373. The van der Waals surface area contributed by atoms with Crippen molar-refractivity contribution in [2.75, 3.05) is 33.5 Å². The van der Waals surface area contributed by atoms with Gasteiger partial charge in [0.05, 0.1) is 25.9 Å². The van der Waals surface area contributed by atoms with E-state index in [1.54, 1.807) is 7.11 Å². The van der Waals surface area contributed by atoms with Gasteiger partial charge < -0.3 is 24.1 Å². The van der Waals surface area contributed by atoms with Gasteiger partial charge in [-0.2, -0.15) is 0 Å². The Morgan fingerprint density at radius 2 is 1.38 bits per heavy atom. The summed E-state index contributed by atoms with van der Waals surface area (Å²) < 4.78 is 22.4. The SMILES string of the molecule is CCCCCCCCCCCCCCCCC(O)COCC(COC1CCCCO1)OC. The molecule has 1 aliphatic heterocycles. The maximum Gasteiger partial charge on any atom is 0.157 e. The van der Waals surface area contributed by atoms with E-state index in [4.69, 9.17) is 18.9 Å². The largest absolute Gasteiger partial charge is 0.391 e. The summed E-state index contributed by atoms with van der Waals surface area (Å²) in [6.07, 6.45) is 22.4. The van der Waals surface area contributed by atoms with Gasteiger partial charge in [-0.3, -0.25) is 0 Å². The Kier molecular flexibility index (Phi) is 21.1. The topological polar surface area (TPSA) is 57.2 Å². The van der Waals surface area contributed by atoms with E-state index < -0.39 is 0 Å². The summed E-state index contributed by atoms with van der Waals surface area (Å²) >= 11 is 0. The third-order valence-corrected chi connectivity index (χ3v) is 6.44. The van der Waals surface area contributed by atoms with Crippen molar-refractivity contribution in [2.45, 2.75) is 141 Å². The minimum absolute atomic E-state index is 0.104. The number of methoxy groups -OCH3 is 1. The fourth-order valence-corrected chi connectivity index (χ4v) is 4.23. The molecule has 5 heteroatoms. The second-order valence-corrected chi connectivity index (χ2v) is 9.56. The lowest BCUT2D eigenvalue weighted by Gasteiger charge is -2.25. The summed E-state index contributed by atoms with van der Waals surface area (Å²) in [4.78, 5) is 0. The molecule has 1 aliphatic rings. The van der Waals surface area contributed by atoms with E-state index in [1.807, 2.05) is 0 Å². The molecule has 0 aliphatic carbocycles. The quantitative estimate of drug-likeness (QED) is 0.171. The number of hydrogen-bond acceptors (Lipinski definition) is 5. The van der Waals surface area contributed by atoms with Crippen LogP contribution >= 0.6 is 0 Å². The first-order valence-corrected chi connectivity index (χ1v) is 13.8. The van der Waals surface area contributed by atoms with E-state index >= 15 is 0 Å². The number of aliphatic hydroxyl groups excluding tert-OH is 1. The summed E-state index contributed by atoms with van der Waals surface area (Å²) in [5.41, 5.74) is 0. The molecule has 1 fully saturated rings. The van der Waals surface area contributed by atoms with Crippen molar-refractivity contribution in [3.8, 4) is 0 Å². The van der Waals surface area contributed by atoms with Crippen molar-refractivity contribution in [3.05, 3.63) is 0 Å². The maximum absolute atomic E-state index is 10.1. The minimum atomic E-state index is -0.382. The lowest BCUT2D eigenvalue weighted by atomic mass is 10.0. The zero-order valence-corrected chi connectivity index (χ0v) is 21.4. The van der Waals surface area contributed by atoms with Crippen molar-refractivity contribution in [1.29, 1.82) is 0 Å². The van der Waals surface area contributed by atoms with Gasteiger partial charge in [-0.1, -0.05) is 96.8 Å². The molecule has 3 atom stereocenters. The predicted octanol–water partition coefficient (Wildman–Crippen LogP) is 6.79. The molecule has 0 aromatic rings. The van der Waals surface area contributed by atoms with Gasteiger partial charge in [0.25, 0.3) is 0 Å². The van der Waals surface area contributed by atoms with Crippen LogP contribution in [0.15, 0.2) is 0 Å². The minimum Gasteiger partial charge on any atom is -0.391 e. The fourth-order valence-electron chi connectivity index (χ4n) is 4.23. The Morgan fingerprint density at radius 1 is 0.781 bits per heavy atom. The monoisotopic (exact) mass is 458 g/mol. The predicted molar refractivity (Wildman–Crippen MR) is 132 cm³/mol. The van der Waals surface area contributed by atoms with Gasteiger partial charge >= 0.3 is 0 Å². The Hall–Kier alpha value is -0.200. The van der Waals surface area contributed by atoms with E-state index in [1.165, 1.54) is 83.5 Å². The van der Waals surface area contributed by atoms with Crippen LogP contribution in [0, 0.1) is 0 Å². The lowest BCUT2D eigenvalue weighted by Crippen LogP contribution is -2.31. The van der Waals surface area contributed by atoms with E-state index in [9.17, 15) is 5.11 Å². The first-order valence-electron chi connectivity index (χ1n) is 13.8. The van der Waals surface area contributed by atoms with Gasteiger partial charge in [0.2, 0.25) is 0 Å². The number of aliphatic hydroxyl groups is 1. The van der Waals surface area contributed by atoms with Crippen LogP contribution in [0.3, 0.4) is 0 Å². The molecule has 1 saturated heterocycles. The average molecular weight is 459 g/mol. The van der Waals surface area contributed by atoms with Crippen molar-refractivity contribution < 1.29 is 24.1 Å². The first-order chi connectivity index (χ1) is 15.8. The van der Waals surface area contributed by atoms with Crippen LogP contribution in [0.1, 0.15) is 122 Å². The number of unbranched alkanes of at least 4 members (excludes halogenated alkanes) is 13. The summed E-state index contributed by atoms with van der Waals surface area (Å²) in [5.74, 6) is 0. The van der Waals surface area contributed by atoms with Crippen LogP contribution in [0.5, 0.6) is 0 Å². The van der Waals surface area contributed by atoms with Crippen LogP contribution in [0.2, 0.25) is 0 Å². The lowest BCUT2D eigenvalue weighted by molar-refractivity contribution is -0.182. The molecule has 3 unspecified atom stereocenters. The number of rotatable bonds is 23. The van der Waals surface area contributed by atoms with Gasteiger partial charge in [0, 0.05) is 13.7 Å². The average Bonchev–Trinajstić information content (AvgIpc) is 2.82. The molecule has 0 amide bonds. The molecule has 0 bridgehead atoms. The highest BCUT2D eigenvalue weighted by Crippen LogP contribution is 2.15. The molecule has 192 valence electrons. The van der Waals surface area contributed by atoms with Gasteiger partial charge in [0.1, 0.15) is 6.10 Å². The smallest absolute Gasteiger partial charge is 0.157 e. The van der Waals surface area contributed by atoms with Crippen LogP contribution in [0.4, 0.5) is 0 Å². The second kappa shape index (κ2) is 22.6. The van der Waals surface area contributed by atoms with Gasteiger partial charge in [-0.05, 0) is 25.7 Å². The van der Waals surface area contributed by atoms with Crippen LogP contribution in [-0.2, 0) is 18.9 Å². The van der Waals surface area contributed by atoms with E-state index in [-0.39, 0.29) is 18.5 Å². The standard InChI is InChI=1S/C27H54O5/c1-3-4-5-6-7-8-9-10-11-12-13-14-15-16-19-25(28)22-30-23-26(29-2)24-32-27-20-17-18-21-31-27/h25-28H,3-24H2,1-2H3. The molecule has 0 radical (unpaired) electrons. The highest BCUT2D eigenvalue weighted by molar-refractivity contribution is 4.61. The second-order valence-electron chi connectivity index (χ2n) is 9.56.